The molecule has 1 fully saturated rings. The van der Waals surface area contributed by atoms with Gasteiger partial charge < -0.3 is 29.7 Å². The van der Waals surface area contributed by atoms with Crippen molar-refractivity contribution in [1.29, 1.82) is 0 Å². The molecule has 1 aliphatic rings. The molecule has 0 spiro atoms. The summed E-state index contributed by atoms with van der Waals surface area (Å²) in [5, 5.41) is 21.3. The molecule has 4 aromatic carbocycles. The minimum absolute atomic E-state index is 0.00925. The molecule has 9 heteroatoms. The van der Waals surface area contributed by atoms with Gasteiger partial charge in [0.15, 0.2) is 6.29 Å². The average Bonchev–Trinajstić information content (AvgIpc) is 3.11. The van der Waals surface area contributed by atoms with Gasteiger partial charge in [0.2, 0.25) is 5.91 Å². The molecule has 47 heavy (non-hydrogen) atoms. The van der Waals surface area contributed by atoms with E-state index in [4.69, 9.17) is 19.3 Å². The van der Waals surface area contributed by atoms with Crippen LogP contribution in [-0.2, 0) is 32.2 Å². The Hall–Kier alpha value is -4.15. The topological polar surface area (TPSA) is 114 Å². The number of aliphatic hydroxyl groups is 1. The number of unbranched alkanes of at least 4 members (excludes halogenated alkanes) is 1. The SMILES string of the molecule is COc1ccccc1SC[C@@H]1C[C@H](c2ccc(CO)cc2)O[C@H](c2cccc(-c3cccc(CNC(=O)CCCCC(=O)O)c3)c2)O1. The number of hydrogen-bond donors (Lipinski definition) is 3. The first-order valence-electron chi connectivity index (χ1n) is 15.9. The molecular weight excluding hydrogens is 614 g/mol. The largest absolute Gasteiger partial charge is 0.496 e. The van der Waals surface area contributed by atoms with E-state index in [1.165, 1.54) is 0 Å². The number of carboxylic acids is 1. The van der Waals surface area contributed by atoms with Crippen molar-refractivity contribution >= 4 is 23.6 Å². The number of aliphatic hydroxyl groups excluding tert-OH is 1. The number of carbonyl (C=O) groups excluding carboxylic acids is 1. The third-order valence-electron chi connectivity index (χ3n) is 8.06. The molecule has 0 unspecified atom stereocenters. The minimum Gasteiger partial charge on any atom is -0.496 e. The van der Waals surface area contributed by atoms with E-state index in [0.29, 0.717) is 32.2 Å². The van der Waals surface area contributed by atoms with Crippen molar-refractivity contribution in [3.63, 3.8) is 0 Å². The summed E-state index contributed by atoms with van der Waals surface area (Å²) in [6.45, 7) is 0.382. The van der Waals surface area contributed by atoms with E-state index in [0.717, 1.165) is 49.8 Å². The predicted octanol–water partition coefficient (Wildman–Crippen LogP) is 7.45. The first-order chi connectivity index (χ1) is 22.9. The van der Waals surface area contributed by atoms with E-state index >= 15 is 0 Å². The summed E-state index contributed by atoms with van der Waals surface area (Å²) in [7, 11) is 1.68. The number of benzene rings is 4. The van der Waals surface area contributed by atoms with Crippen molar-refractivity contribution in [3.8, 4) is 16.9 Å². The summed E-state index contributed by atoms with van der Waals surface area (Å²) in [6.07, 6.45) is 1.23. The summed E-state index contributed by atoms with van der Waals surface area (Å²) in [5.74, 6) is 0.624. The number of nitrogens with one attached hydrogen (secondary N) is 1. The van der Waals surface area contributed by atoms with Crippen LogP contribution in [0.25, 0.3) is 11.1 Å². The van der Waals surface area contributed by atoms with Gasteiger partial charge in [-0.1, -0.05) is 72.8 Å². The first kappa shape index (κ1) is 34.2. The second-order valence-corrected chi connectivity index (χ2v) is 12.6. The lowest BCUT2D eigenvalue weighted by Gasteiger charge is -2.36. The fraction of sp³-hybridized carbons (Fsp3) is 0.316. The molecule has 1 amide bonds. The van der Waals surface area contributed by atoms with Gasteiger partial charge in [-0.2, -0.15) is 0 Å². The third-order valence-corrected chi connectivity index (χ3v) is 9.25. The molecule has 246 valence electrons. The number of carbonyl (C=O) groups is 2. The standard InChI is InChI=1S/C38H41NO7S/c1-44-33-12-2-3-13-35(33)47-25-32-22-34(28-18-16-26(24-40)17-19-28)46-38(45-32)31-11-7-10-30(21-31)29-9-6-8-27(20-29)23-39-36(41)14-4-5-15-37(42)43/h2-3,6-13,16-21,32,34,38,40H,4-5,14-15,22-25H2,1H3,(H,39,41)(H,42,43)/t32-,34+,38+/m0/s1. The van der Waals surface area contributed by atoms with Crippen LogP contribution in [0.2, 0.25) is 0 Å². The molecule has 3 N–H and O–H groups in total. The summed E-state index contributed by atoms with van der Waals surface area (Å²) in [4.78, 5) is 24.0. The van der Waals surface area contributed by atoms with Gasteiger partial charge in [0.05, 0.1) is 25.9 Å². The molecule has 0 bridgehead atoms. The molecule has 0 saturated carbocycles. The number of rotatable bonds is 15. The Bertz CT molecular complexity index is 1630. The van der Waals surface area contributed by atoms with Gasteiger partial charge in [-0.25, -0.2) is 0 Å². The van der Waals surface area contributed by atoms with E-state index in [2.05, 4.69) is 23.5 Å². The number of methoxy groups -OCH3 is 1. The van der Waals surface area contributed by atoms with Gasteiger partial charge in [0.25, 0.3) is 0 Å². The Kier molecular flexibility index (Phi) is 12.5. The molecule has 1 heterocycles. The molecular formula is C38H41NO7S. The molecule has 0 radical (unpaired) electrons. The highest BCUT2D eigenvalue weighted by atomic mass is 32.2. The zero-order valence-electron chi connectivity index (χ0n) is 26.5. The van der Waals surface area contributed by atoms with Crippen molar-refractivity contribution < 1.29 is 34.0 Å². The molecule has 1 saturated heterocycles. The van der Waals surface area contributed by atoms with Crippen molar-refractivity contribution in [3.05, 3.63) is 119 Å². The zero-order valence-corrected chi connectivity index (χ0v) is 27.3. The van der Waals surface area contributed by atoms with E-state index in [1.54, 1.807) is 18.9 Å². The van der Waals surface area contributed by atoms with Crippen LogP contribution in [0.5, 0.6) is 5.75 Å². The average molecular weight is 656 g/mol. The van der Waals surface area contributed by atoms with Gasteiger partial charge in [0, 0.05) is 42.0 Å². The molecule has 1 aliphatic heterocycles. The second kappa shape index (κ2) is 17.1. The summed E-state index contributed by atoms with van der Waals surface area (Å²) < 4.78 is 18.7. The van der Waals surface area contributed by atoms with E-state index in [1.807, 2.05) is 78.9 Å². The first-order valence-corrected chi connectivity index (χ1v) is 16.8. The van der Waals surface area contributed by atoms with Crippen LogP contribution >= 0.6 is 11.8 Å². The highest BCUT2D eigenvalue weighted by Crippen LogP contribution is 2.41. The summed E-state index contributed by atoms with van der Waals surface area (Å²) in [5.41, 5.74) is 5.78. The lowest BCUT2D eigenvalue weighted by molar-refractivity contribution is -0.245. The van der Waals surface area contributed by atoms with Crippen LogP contribution in [0, 0.1) is 0 Å². The van der Waals surface area contributed by atoms with Gasteiger partial charge >= 0.3 is 5.97 Å². The lowest BCUT2D eigenvalue weighted by atomic mass is 9.99. The minimum atomic E-state index is -0.843. The molecule has 3 atom stereocenters. The van der Waals surface area contributed by atoms with E-state index in [9.17, 15) is 14.7 Å². The van der Waals surface area contributed by atoms with Gasteiger partial charge in [0.1, 0.15) is 5.75 Å². The fourth-order valence-electron chi connectivity index (χ4n) is 5.52. The fourth-order valence-corrected chi connectivity index (χ4v) is 6.57. The molecule has 0 aliphatic carbocycles. The highest BCUT2D eigenvalue weighted by Gasteiger charge is 2.32. The Morgan fingerprint density at radius 3 is 2.36 bits per heavy atom. The van der Waals surface area contributed by atoms with Crippen molar-refractivity contribution in [2.75, 3.05) is 12.9 Å². The number of carboxylic acid groups (broad SMARTS) is 1. The van der Waals surface area contributed by atoms with Crippen LogP contribution in [-0.4, -0.2) is 41.1 Å². The lowest BCUT2D eigenvalue weighted by Crippen LogP contribution is -2.31. The maximum Gasteiger partial charge on any atom is 0.303 e. The van der Waals surface area contributed by atoms with Gasteiger partial charge in [-0.15, -0.1) is 11.8 Å². The van der Waals surface area contributed by atoms with Crippen molar-refractivity contribution in [2.24, 2.45) is 0 Å². The van der Waals surface area contributed by atoms with Crippen molar-refractivity contribution in [2.45, 2.75) is 68.6 Å². The molecule has 0 aromatic heterocycles. The highest BCUT2D eigenvalue weighted by molar-refractivity contribution is 7.99. The van der Waals surface area contributed by atoms with E-state index in [-0.39, 0.29) is 31.1 Å². The Morgan fingerprint density at radius 2 is 1.60 bits per heavy atom. The van der Waals surface area contributed by atoms with Crippen LogP contribution in [0.15, 0.2) is 102 Å². The van der Waals surface area contributed by atoms with Crippen LogP contribution < -0.4 is 10.1 Å². The van der Waals surface area contributed by atoms with Crippen LogP contribution in [0.4, 0.5) is 0 Å². The summed E-state index contributed by atoms with van der Waals surface area (Å²) >= 11 is 1.70. The number of para-hydroxylation sites is 1. The number of hydrogen-bond acceptors (Lipinski definition) is 7. The maximum atomic E-state index is 12.3. The van der Waals surface area contributed by atoms with Crippen LogP contribution in [0.1, 0.15) is 66.8 Å². The number of aliphatic carboxylic acids is 1. The molecule has 4 aromatic rings. The zero-order chi connectivity index (χ0) is 33.0. The molecule has 8 nitrogen and oxygen atoms in total. The third kappa shape index (κ3) is 9.92. The van der Waals surface area contributed by atoms with Gasteiger partial charge in [-0.3, -0.25) is 9.59 Å². The Balaban J connectivity index is 1.30. The normalized spacial score (nSPS) is 17.6. The predicted molar refractivity (Wildman–Crippen MR) is 182 cm³/mol. The summed E-state index contributed by atoms with van der Waals surface area (Å²) in [6, 6.07) is 32.1. The Morgan fingerprint density at radius 1 is 0.851 bits per heavy atom. The van der Waals surface area contributed by atoms with E-state index < -0.39 is 12.3 Å². The quantitative estimate of drug-likeness (QED) is 0.0894. The molecule has 5 rings (SSSR count). The number of amides is 1. The number of ether oxygens (including phenoxy) is 3. The monoisotopic (exact) mass is 655 g/mol. The van der Waals surface area contributed by atoms with Crippen molar-refractivity contribution in [1.82, 2.24) is 5.32 Å². The van der Waals surface area contributed by atoms with Crippen LogP contribution in [0.3, 0.4) is 0 Å². The second-order valence-electron chi connectivity index (χ2n) is 11.5. The smallest absolute Gasteiger partial charge is 0.303 e. The Labute approximate surface area is 280 Å². The van der Waals surface area contributed by atoms with Gasteiger partial charge in [-0.05, 0) is 64.9 Å². The maximum absolute atomic E-state index is 12.3. The number of thioether (sulfide) groups is 1.